The fourth-order valence-electron chi connectivity index (χ4n) is 2.02. The zero-order chi connectivity index (χ0) is 12.7. The molecule has 0 radical (unpaired) electrons. The molecule has 0 saturated carbocycles. The average Bonchev–Trinajstić information content (AvgIpc) is 2.32. The predicted octanol–water partition coefficient (Wildman–Crippen LogP) is 4.66. The van der Waals surface area contributed by atoms with Crippen molar-refractivity contribution in [2.24, 2.45) is 0 Å². The summed E-state index contributed by atoms with van der Waals surface area (Å²) in [6, 6.07) is 6.61. The number of hydrogen-bond acceptors (Lipinski definition) is 1. The van der Waals surface area contributed by atoms with Crippen molar-refractivity contribution in [3.05, 3.63) is 47.0 Å². The normalized spacial score (nSPS) is 12.4. The van der Waals surface area contributed by atoms with Gasteiger partial charge in [0.2, 0.25) is 0 Å². The van der Waals surface area contributed by atoms with Crippen molar-refractivity contribution in [2.45, 2.75) is 39.2 Å². The molecular weight excluding hydrogens is 230 g/mol. The van der Waals surface area contributed by atoms with E-state index in [0.717, 1.165) is 36.4 Å². The van der Waals surface area contributed by atoms with Crippen molar-refractivity contribution in [3.8, 4) is 0 Å². The second-order valence-corrected chi connectivity index (χ2v) is 4.69. The smallest absolute Gasteiger partial charge is 0.0482 e. The van der Waals surface area contributed by atoms with E-state index in [1.54, 1.807) is 0 Å². The molecule has 0 bridgehead atoms. The van der Waals surface area contributed by atoms with E-state index < -0.39 is 0 Å². The zero-order valence-electron chi connectivity index (χ0n) is 10.8. The fraction of sp³-hybridized carbons (Fsp3) is 0.467. The average molecular weight is 252 g/mol. The van der Waals surface area contributed by atoms with Crippen molar-refractivity contribution < 1.29 is 0 Å². The third kappa shape index (κ3) is 4.18. The first kappa shape index (κ1) is 14.3. The van der Waals surface area contributed by atoms with Crippen LogP contribution in [0.3, 0.4) is 0 Å². The minimum atomic E-state index is 0.354. The Kier molecular flexibility index (Phi) is 6.31. The topological polar surface area (TPSA) is 12.0 Å². The van der Waals surface area contributed by atoms with Crippen molar-refractivity contribution in [2.75, 3.05) is 6.54 Å². The van der Waals surface area contributed by atoms with Gasteiger partial charge < -0.3 is 5.32 Å². The Hall–Kier alpha value is -0.790. The molecule has 0 aromatic heterocycles. The zero-order valence-corrected chi connectivity index (χ0v) is 11.6. The first-order valence-corrected chi connectivity index (χ1v) is 6.67. The van der Waals surface area contributed by atoms with Gasteiger partial charge in [-0.2, -0.15) is 0 Å². The van der Waals surface area contributed by atoms with Crippen LogP contribution in [0.5, 0.6) is 0 Å². The van der Waals surface area contributed by atoms with Crippen LogP contribution in [-0.2, 0) is 0 Å². The first-order chi connectivity index (χ1) is 8.20. The van der Waals surface area contributed by atoms with Crippen LogP contribution in [0.15, 0.2) is 30.9 Å². The van der Waals surface area contributed by atoms with Crippen LogP contribution < -0.4 is 5.32 Å². The lowest BCUT2D eigenvalue weighted by molar-refractivity contribution is 0.500. The van der Waals surface area contributed by atoms with E-state index in [0.29, 0.717) is 6.04 Å². The number of benzene rings is 1. The van der Waals surface area contributed by atoms with Crippen LogP contribution >= 0.6 is 11.6 Å². The summed E-state index contributed by atoms with van der Waals surface area (Å²) in [5.74, 6) is 0. The minimum absolute atomic E-state index is 0.354. The maximum absolute atomic E-state index is 6.38. The Morgan fingerprint density at radius 2 is 2.24 bits per heavy atom. The maximum Gasteiger partial charge on any atom is 0.0482 e. The quantitative estimate of drug-likeness (QED) is 0.549. The summed E-state index contributed by atoms with van der Waals surface area (Å²) < 4.78 is 0. The maximum atomic E-state index is 6.38. The Bertz CT molecular complexity index is 360. The molecule has 0 aliphatic heterocycles. The van der Waals surface area contributed by atoms with E-state index in [9.17, 15) is 0 Å². The number of hydrogen-bond donors (Lipinski definition) is 1. The van der Waals surface area contributed by atoms with Crippen LogP contribution in [0.1, 0.15) is 43.4 Å². The van der Waals surface area contributed by atoms with Crippen LogP contribution in [0.25, 0.3) is 0 Å². The van der Waals surface area contributed by atoms with E-state index in [4.69, 9.17) is 11.6 Å². The van der Waals surface area contributed by atoms with E-state index in [1.165, 1.54) is 5.56 Å². The van der Waals surface area contributed by atoms with Crippen LogP contribution in [0, 0.1) is 6.92 Å². The van der Waals surface area contributed by atoms with Gasteiger partial charge in [0, 0.05) is 11.1 Å². The van der Waals surface area contributed by atoms with Crippen LogP contribution in [-0.4, -0.2) is 6.54 Å². The number of aryl methyl sites for hydroxylation is 1. The molecule has 1 N–H and O–H groups in total. The van der Waals surface area contributed by atoms with Crippen LogP contribution in [0.4, 0.5) is 0 Å². The highest BCUT2D eigenvalue weighted by Crippen LogP contribution is 2.29. The monoisotopic (exact) mass is 251 g/mol. The van der Waals surface area contributed by atoms with Gasteiger partial charge in [0.1, 0.15) is 0 Å². The second kappa shape index (κ2) is 7.52. The van der Waals surface area contributed by atoms with Crippen molar-refractivity contribution in [1.82, 2.24) is 5.32 Å². The number of allylic oxidation sites excluding steroid dienone is 1. The third-order valence-corrected chi connectivity index (χ3v) is 3.46. The van der Waals surface area contributed by atoms with Gasteiger partial charge in [0.05, 0.1) is 0 Å². The molecule has 1 aromatic rings. The number of rotatable bonds is 7. The van der Waals surface area contributed by atoms with Gasteiger partial charge in [-0.3, -0.25) is 0 Å². The molecule has 0 heterocycles. The van der Waals surface area contributed by atoms with Crippen molar-refractivity contribution >= 4 is 11.6 Å². The molecule has 0 aliphatic rings. The molecule has 0 fully saturated rings. The Labute approximate surface area is 110 Å². The SMILES string of the molecule is C=CCCCC(NCC)c1cccc(C)c1Cl. The van der Waals surface area contributed by atoms with Gasteiger partial charge in [-0.25, -0.2) is 0 Å². The molecule has 17 heavy (non-hydrogen) atoms. The minimum Gasteiger partial charge on any atom is -0.310 e. The molecule has 1 unspecified atom stereocenters. The summed E-state index contributed by atoms with van der Waals surface area (Å²) >= 11 is 6.38. The summed E-state index contributed by atoms with van der Waals surface area (Å²) in [4.78, 5) is 0. The molecular formula is C15H22ClN. The summed E-state index contributed by atoms with van der Waals surface area (Å²) in [5.41, 5.74) is 2.37. The molecule has 0 aliphatic carbocycles. The number of unbranched alkanes of at least 4 members (excludes halogenated alkanes) is 1. The standard InChI is InChI=1S/C15H22ClN/c1-4-6-7-11-14(17-5-2)13-10-8-9-12(3)15(13)16/h4,8-10,14,17H,1,5-7,11H2,2-3H3. The molecule has 2 heteroatoms. The molecule has 1 nitrogen and oxygen atoms in total. The summed E-state index contributed by atoms with van der Waals surface area (Å²) in [5, 5.41) is 4.41. The van der Waals surface area contributed by atoms with Gasteiger partial charge in [-0.1, -0.05) is 42.8 Å². The van der Waals surface area contributed by atoms with Gasteiger partial charge in [-0.15, -0.1) is 6.58 Å². The number of halogens is 1. The summed E-state index contributed by atoms with van der Waals surface area (Å²) in [6.07, 6.45) is 5.28. The fourth-order valence-corrected chi connectivity index (χ4v) is 2.28. The number of nitrogens with one attached hydrogen (secondary N) is 1. The Balaban J connectivity index is 2.81. The lowest BCUT2D eigenvalue weighted by Crippen LogP contribution is -2.21. The van der Waals surface area contributed by atoms with Crippen LogP contribution in [0.2, 0.25) is 5.02 Å². The molecule has 1 atom stereocenters. The second-order valence-electron chi connectivity index (χ2n) is 4.31. The van der Waals surface area contributed by atoms with Gasteiger partial charge in [-0.05, 0) is 43.9 Å². The Morgan fingerprint density at radius 3 is 2.88 bits per heavy atom. The first-order valence-electron chi connectivity index (χ1n) is 6.30. The molecule has 1 rings (SSSR count). The molecule has 1 aromatic carbocycles. The summed E-state index contributed by atoms with van der Waals surface area (Å²) in [6.45, 7) is 8.91. The van der Waals surface area contributed by atoms with E-state index in [1.807, 2.05) is 6.08 Å². The Morgan fingerprint density at radius 1 is 1.47 bits per heavy atom. The van der Waals surface area contributed by atoms with E-state index in [-0.39, 0.29) is 0 Å². The van der Waals surface area contributed by atoms with E-state index in [2.05, 4.69) is 43.9 Å². The van der Waals surface area contributed by atoms with Gasteiger partial charge >= 0.3 is 0 Å². The largest absolute Gasteiger partial charge is 0.310 e. The third-order valence-electron chi connectivity index (χ3n) is 2.95. The highest BCUT2D eigenvalue weighted by Gasteiger charge is 2.13. The van der Waals surface area contributed by atoms with Crippen molar-refractivity contribution in [3.63, 3.8) is 0 Å². The van der Waals surface area contributed by atoms with E-state index >= 15 is 0 Å². The van der Waals surface area contributed by atoms with Gasteiger partial charge in [0.25, 0.3) is 0 Å². The lowest BCUT2D eigenvalue weighted by Gasteiger charge is -2.20. The molecule has 0 saturated heterocycles. The molecule has 0 spiro atoms. The summed E-state index contributed by atoms with van der Waals surface area (Å²) in [7, 11) is 0. The lowest BCUT2D eigenvalue weighted by atomic mass is 9.99. The highest BCUT2D eigenvalue weighted by molar-refractivity contribution is 6.32. The van der Waals surface area contributed by atoms with Gasteiger partial charge in [0.15, 0.2) is 0 Å². The molecule has 94 valence electrons. The molecule has 0 amide bonds. The highest BCUT2D eigenvalue weighted by atomic mass is 35.5. The predicted molar refractivity (Wildman–Crippen MR) is 76.7 cm³/mol. The van der Waals surface area contributed by atoms with Crippen molar-refractivity contribution in [1.29, 1.82) is 0 Å².